The molecule has 3 nitrogen and oxygen atoms in total. The zero-order valence-electron chi connectivity index (χ0n) is 11.5. The fraction of sp³-hybridized carbons (Fsp3) is 0.533. The Kier molecular flexibility index (Phi) is 7.60. The number of rotatable bonds is 8. The molecule has 1 atom stereocenters. The van der Waals surface area contributed by atoms with Crippen molar-refractivity contribution in [2.75, 3.05) is 19.8 Å². The summed E-state index contributed by atoms with van der Waals surface area (Å²) in [6.45, 7) is 5.57. The highest BCUT2D eigenvalue weighted by Crippen LogP contribution is 2.09. The van der Waals surface area contributed by atoms with Gasteiger partial charge < -0.3 is 9.47 Å². The van der Waals surface area contributed by atoms with Gasteiger partial charge in [0.15, 0.2) is 0 Å². The summed E-state index contributed by atoms with van der Waals surface area (Å²) in [5.74, 6) is 0.201. The van der Waals surface area contributed by atoms with Gasteiger partial charge in [-0.1, -0.05) is 44.2 Å². The van der Waals surface area contributed by atoms with Crippen molar-refractivity contribution in [1.82, 2.24) is 0 Å². The zero-order valence-corrected chi connectivity index (χ0v) is 12.4. The molecule has 0 aliphatic heterocycles. The summed E-state index contributed by atoms with van der Waals surface area (Å²) < 4.78 is 10.5. The number of hydrogen-bond acceptors (Lipinski definition) is 4. The van der Waals surface area contributed by atoms with Gasteiger partial charge in [0.25, 0.3) is 0 Å². The summed E-state index contributed by atoms with van der Waals surface area (Å²) in [5, 5.41) is -0.424. The number of benzene rings is 1. The number of thiol groups is 1. The molecule has 19 heavy (non-hydrogen) atoms. The molecule has 106 valence electrons. The van der Waals surface area contributed by atoms with Crippen LogP contribution in [0.15, 0.2) is 30.3 Å². The second-order valence-corrected chi connectivity index (χ2v) is 5.47. The van der Waals surface area contributed by atoms with Crippen LogP contribution in [0.2, 0.25) is 0 Å². The van der Waals surface area contributed by atoms with Crippen molar-refractivity contribution in [3.05, 3.63) is 35.9 Å². The highest BCUT2D eigenvalue weighted by molar-refractivity contribution is 7.81. The monoisotopic (exact) mass is 282 g/mol. The van der Waals surface area contributed by atoms with Gasteiger partial charge in [0.2, 0.25) is 0 Å². The van der Waals surface area contributed by atoms with Crippen LogP contribution in [-0.4, -0.2) is 31.0 Å². The third-order valence-electron chi connectivity index (χ3n) is 2.47. The average molecular weight is 282 g/mol. The molecular formula is C15H22O3S. The fourth-order valence-corrected chi connectivity index (χ4v) is 1.82. The normalized spacial score (nSPS) is 12.4. The minimum absolute atomic E-state index is 0.289. The standard InChI is InChI=1S/C15H22O3S/c1-12(2)11-17-8-9-18-15(16)14(19)10-13-6-4-3-5-7-13/h3-7,12,14,19H,8-11H2,1-2H3. The first-order chi connectivity index (χ1) is 9.09. The van der Waals surface area contributed by atoms with Crippen LogP contribution in [0.5, 0.6) is 0 Å². The van der Waals surface area contributed by atoms with Crippen molar-refractivity contribution in [2.45, 2.75) is 25.5 Å². The summed E-state index contributed by atoms with van der Waals surface area (Å²) in [6, 6.07) is 9.79. The van der Waals surface area contributed by atoms with Gasteiger partial charge in [0.05, 0.1) is 6.61 Å². The summed E-state index contributed by atoms with van der Waals surface area (Å²) in [7, 11) is 0. The van der Waals surface area contributed by atoms with Gasteiger partial charge in [-0.2, -0.15) is 12.6 Å². The van der Waals surface area contributed by atoms with Crippen molar-refractivity contribution >= 4 is 18.6 Å². The Morgan fingerprint density at radius 3 is 2.53 bits per heavy atom. The Balaban J connectivity index is 2.18. The molecule has 1 rings (SSSR count). The number of esters is 1. The maximum Gasteiger partial charge on any atom is 0.319 e. The van der Waals surface area contributed by atoms with E-state index in [0.717, 1.165) is 5.56 Å². The SMILES string of the molecule is CC(C)COCCOC(=O)C(S)Cc1ccccc1. The Bertz CT molecular complexity index is 365. The number of hydrogen-bond donors (Lipinski definition) is 1. The van der Waals surface area contributed by atoms with Gasteiger partial charge >= 0.3 is 5.97 Å². The van der Waals surface area contributed by atoms with Gasteiger partial charge in [-0.3, -0.25) is 4.79 Å². The molecule has 0 spiro atoms. The van der Waals surface area contributed by atoms with Crippen LogP contribution in [0.25, 0.3) is 0 Å². The number of carbonyl (C=O) groups is 1. The van der Waals surface area contributed by atoms with E-state index in [9.17, 15) is 4.79 Å². The van der Waals surface area contributed by atoms with E-state index < -0.39 is 5.25 Å². The Morgan fingerprint density at radius 1 is 1.21 bits per heavy atom. The van der Waals surface area contributed by atoms with Gasteiger partial charge in [-0.25, -0.2) is 0 Å². The Labute approximate surface area is 120 Å². The molecule has 0 saturated heterocycles. The van der Waals surface area contributed by atoms with Crippen molar-refractivity contribution in [1.29, 1.82) is 0 Å². The molecular weight excluding hydrogens is 260 g/mol. The molecule has 0 N–H and O–H groups in total. The number of ether oxygens (including phenoxy) is 2. The van der Waals surface area contributed by atoms with Crippen molar-refractivity contribution in [2.24, 2.45) is 5.92 Å². The Morgan fingerprint density at radius 2 is 1.89 bits per heavy atom. The lowest BCUT2D eigenvalue weighted by atomic mass is 10.1. The predicted octanol–water partition coefficient (Wildman–Crippen LogP) is 2.74. The molecule has 0 aliphatic carbocycles. The van der Waals surface area contributed by atoms with Crippen molar-refractivity contribution in [3.8, 4) is 0 Å². The second kappa shape index (κ2) is 8.99. The van der Waals surface area contributed by atoms with E-state index in [-0.39, 0.29) is 12.6 Å². The van der Waals surface area contributed by atoms with Gasteiger partial charge in [0.1, 0.15) is 11.9 Å². The second-order valence-electron chi connectivity index (χ2n) is 4.84. The van der Waals surface area contributed by atoms with Gasteiger partial charge in [-0.05, 0) is 17.9 Å². The molecule has 0 aromatic heterocycles. The smallest absolute Gasteiger partial charge is 0.319 e. The summed E-state index contributed by atoms with van der Waals surface area (Å²) in [6.07, 6.45) is 0.579. The maximum atomic E-state index is 11.7. The van der Waals surface area contributed by atoms with Crippen LogP contribution in [0, 0.1) is 5.92 Å². The van der Waals surface area contributed by atoms with Crippen LogP contribution in [0.3, 0.4) is 0 Å². The van der Waals surface area contributed by atoms with Crippen molar-refractivity contribution < 1.29 is 14.3 Å². The molecule has 1 aromatic rings. The first-order valence-electron chi connectivity index (χ1n) is 6.56. The maximum absolute atomic E-state index is 11.7. The lowest BCUT2D eigenvalue weighted by molar-refractivity contribution is -0.144. The van der Waals surface area contributed by atoms with Crippen LogP contribution < -0.4 is 0 Å². The molecule has 0 fully saturated rings. The minimum atomic E-state index is -0.424. The summed E-state index contributed by atoms with van der Waals surface area (Å²) in [5.41, 5.74) is 1.08. The average Bonchev–Trinajstić information content (AvgIpc) is 2.38. The predicted molar refractivity (Wildman–Crippen MR) is 79.5 cm³/mol. The van der Waals surface area contributed by atoms with Crippen LogP contribution in [0.4, 0.5) is 0 Å². The van der Waals surface area contributed by atoms with Crippen molar-refractivity contribution in [3.63, 3.8) is 0 Å². The van der Waals surface area contributed by atoms with E-state index in [4.69, 9.17) is 9.47 Å². The third-order valence-corrected chi connectivity index (χ3v) is 2.86. The molecule has 0 aliphatic rings. The molecule has 4 heteroatoms. The van der Waals surface area contributed by atoms with Crippen LogP contribution in [0.1, 0.15) is 19.4 Å². The fourth-order valence-electron chi connectivity index (χ4n) is 1.54. The Hall–Kier alpha value is -1.00. The lowest BCUT2D eigenvalue weighted by Gasteiger charge is -2.11. The van der Waals surface area contributed by atoms with E-state index in [0.29, 0.717) is 25.6 Å². The number of carbonyl (C=O) groups excluding carboxylic acids is 1. The molecule has 0 bridgehead atoms. The zero-order chi connectivity index (χ0) is 14.1. The topological polar surface area (TPSA) is 35.5 Å². The largest absolute Gasteiger partial charge is 0.462 e. The lowest BCUT2D eigenvalue weighted by Crippen LogP contribution is -2.22. The third kappa shape index (κ3) is 7.23. The van der Waals surface area contributed by atoms with E-state index in [1.165, 1.54) is 0 Å². The highest BCUT2D eigenvalue weighted by atomic mass is 32.1. The first kappa shape index (κ1) is 16.1. The minimum Gasteiger partial charge on any atom is -0.462 e. The summed E-state index contributed by atoms with van der Waals surface area (Å²) in [4.78, 5) is 11.7. The van der Waals surface area contributed by atoms with E-state index >= 15 is 0 Å². The van der Waals surface area contributed by atoms with Crippen LogP contribution in [-0.2, 0) is 20.7 Å². The van der Waals surface area contributed by atoms with Gasteiger partial charge in [-0.15, -0.1) is 0 Å². The van der Waals surface area contributed by atoms with Crippen LogP contribution >= 0.6 is 12.6 Å². The van der Waals surface area contributed by atoms with E-state index in [1.807, 2.05) is 30.3 Å². The molecule has 1 unspecified atom stereocenters. The van der Waals surface area contributed by atoms with Gasteiger partial charge in [0, 0.05) is 6.61 Å². The molecule has 0 amide bonds. The molecule has 0 radical (unpaired) electrons. The molecule has 0 heterocycles. The molecule has 0 saturated carbocycles. The first-order valence-corrected chi connectivity index (χ1v) is 7.07. The van der Waals surface area contributed by atoms with E-state index in [2.05, 4.69) is 26.5 Å². The highest BCUT2D eigenvalue weighted by Gasteiger charge is 2.15. The molecule has 1 aromatic carbocycles. The quantitative estimate of drug-likeness (QED) is 0.452. The van der Waals surface area contributed by atoms with E-state index in [1.54, 1.807) is 0 Å². The summed E-state index contributed by atoms with van der Waals surface area (Å²) >= 11 is 4.28.